The van der Waals surface area contributed by atoms with Crippen molar-refractivity contribution in [1.82, 2.24) is 9.97 Å². The van der Waals surface area contributed by atoms with E-state index in [1.165, 1.54) is 6.92 Å². The highest BCUT2D eigenvalue weighted by Gasteiger charge is 2.16. The minimum Gasteiger partial charge on any atom is -0.507 e. The third-order valence-electron chi connectivity index (χ3n) is 4.14. The summed E-state index contributed by atoms with van der Waals surface area (Å²) in [7, 11) is 0. The second kappa shape index (κ2) is 9.89. The summed E-state index contributed by atoms with van der Waals surface area (Å²) in [5, 5.41) is 26.2. The molecule has 2 aromatic rings. The first-order valence-electron chi connectivity index (χ1n) is 9.07. The number of aliphatic hydroxyl groups is 1. The van der Waals surface area contributed by atoms with Gasteiger partial charge < -0.3 is 26.8 Å². The molecule has 8 nitrogen and oxygen atoms in total. The number of aromatic nitrogens is 2. The number of phenolic OH excluding ortho intramolecular Hbond substituents is 1. The zero-order valence-corrected chi connectivity index (χ0v) is 17.0. The molecule has 28 heavy (non-hydrogen) atoms. The number of nitrogens with two attached hydrogens (primary N) is 2. The van der Waals surface area contributed by atoms with Crippen LogP contribution in [0.1, 0.15) is 68.7 Å². The number of carbonyl (C=O) groups is 1. The Balaban J connectivity index is 0.000000568. The minimum absolute atomic E-state index is 0.178. The number of hydrogen-bond acceptors (Lipinski definition) is 7. The number of nitrogens with zero attached hydrogens (tertiary/aromatic N) is 2. The van der Waals surface area contributed by atoms with E-state index in [0.29, 0.717) is 18.0 Å². The number of aliphatic hydroxyl groups excluding tert-OH is 1. The molecule has 0 saturated carbocycles. The zero-order valence-electron chi connectivity index (χ0n) is 17.0. The lowest BCUT2D eigenvalue weighted by molar-refractivity contribution is -0.145. The first kappa shape index (κ1) is 23.2. The van der Waals surface area contributed by atoms with Crippen LogP contribution in [0.15, 0.2) is 18.3 Å². The topological polar surface area (TPSA) is 156 Å². The fourth-order valence-electron chi connectivity index (χ4n) is 2.52. The Labute approximate surface area is 165 Å². The second-order valence-corrected chi connectivity index (χ2v) is 7.26. The Hall–Kier alpha value is -2.87. The summed E-state index contributed by atoms with van der Waals surface area (Å²) in [5.74, 6) is 0.288. The van der Waals surface area contributed by atoms with Crippen LogP contribution in [0, 0.1) is 0 Å². The van der Waals surface area contributed by atoms with Gasteiger partial charge in [-0.25, -0.2) is 9.78 Å². The molecule has 1 aromatic heterocycles. The van der Waals surface area contributed by atoms with E-state index in [-0.39, 0.29) is 17.8 Å². The Morgan fingerprint density at radius 3 is 1.89 bits per heavy atom. The van der Waals surface area contributed by atoms with Crippen molar-refractivity contribution in [3.05, 3.63) is 40.6 Å². The molecule has 0 spiro atoms. The molecule has 0 saturated heterocycles. The highest BCUT2D eigenvalue weighted by molar-refractivity contribution is 5.71. The number of anilines is 2. The van der Waals surface area contributed by atoms with Crippen molar-refractivity contribution in [1.29, 1.82) is 0 Å². The van der Waals surface area contributed by atoms with Crippen LogP contribution in [0.25, 0.3) is 0 Å². The van der Waals surface area contributed by atoms with E-state index in [9.17, 15) is 9.90 Å². The van der Waals surface area contributed by atoms with Crippen LogP contribution in [0.5, 0.6) is 5.75 Å². The summed E-state index contributed by atoms with van der Waals surface area (Å²) in [4.78, 5) is 17.5. The SMILES string of the molecule is CC(C)c1cc(Cc2cnc(N)nc2N)cc(C(C)C)c1O.CC(O)C(=O)O. The van der Waals surface area contributed by atoms with Crippen molar-refractivity contribution in [2.24, 2.45) is 0 Å². The van der Waals surface area contributed by atoms with Gasteiger partial charge in [0, 0.05) is 18.2 Å². The van der Waals surface area contributed by atoms with E-state index in [1.54, 1.807) is 6.20 Å². The molecule has 0 amide bonds. The van der Waals surface area contributed by atoms with Gasteiger partial charge in [-0.05, 0) is 35.4 Å². The Kier molecular flexibility index (Phi) is 8.18. The molecule has 2 rings (SSSR count). The monoisotopic (exact) mass is 390 g/mol. The standard InChI is InChI=1S/C17H24N4O.C3H6O3/c1-9(2)13-6-11(7-14(10(3)4)15(13)22)5-12-8-20-17(19)21-16(12)18;1-2(4)3(5)6/h6-10,22H,5H2,1-4H3,(H4,18,19,20,21);2,4H,1H3,(H,5,6). The molecule has 7 N–H and O–H groups in total. The van der Waals surface area contributed by atoms with Crippen LogP contribution < -0.4 is 11.5 Å². The molecule has 0 aliphatic rings. The van der Waals surface area contributed by atoms with Gasteiger partial charge >= 0.3 is 5.97 Å². The molecule has 1 heterocycles. The van der Waals surface area contributed by atoms with Crippen LogP contribution in [-0.4, -0.2) is 37.4 Å². The van der Waals surface area contributed by atoms with Crippen molar-refractivity contribution in [3.63, 3.8) is 0 Å². The van der Waals surface area contributed by atoms with Crippen LogP contribution in [-0.2, 0) is 11.2 Å². The predicted octanol–water partition coefficient (Wildman–Crippen LogP) is 2.64. The highest BCUT2D eigenvalue weighted by Crippen LogP contribution is 2.35. The van der Waals surface area contributed by atoms with Crippen LogP contribution in [0.4, 0.5) is 11.8 Å². The average Bonchev–Trinajstić information content (AvgIpc) is 2.58. The predicted molar refractivity (Wildman–Crippen MR) is 109 cm³/mol. The molecule has 1 aromatic carbocycles. The third-order valence-corrected chi connectivity index (χ3v) is 4.14. The molecule has 0 aliphatic carbocycles. The van der Waals surface area contributed by atoms with Gasteiger partial charge in [0.05, 0.1) is 0 Å². The van der Waals surface area contributed by atoms with Crippen molar-refractivity contribution < 1.29 is 20.1 Å². The van der Waals surface area contributed by atoms with Gasteiger partial charge in [0.15, 0.2) is 0 Å². The fraction of sp³-hybridized carbons (Fsp3) is 0.450. The van der Waals surface area contributed by atoms with Crippen molar-refractivity contribution in [2.45, 2.75) is 59.0 Å². The maximum Gasteiger partial charge on any atom is 0.332 e. The van der Waals surface area contributed by atoms with E-state index in [0.717, 1.165) is 22.3 Å². The van der Waals surface area contributed by atoms with E-state index in [1.807, 2.05) is 12.1 Å². The molecule has 0 fully saturated rings. The summed E-state index contributed by atoms with van der Waals surface area (Å²) >= 11 is 0. The number of carboxylic acids is 1. The summed E-state index contributed by atoms with van der Waals surface area (Å²) < 4.78 is 0. The average molecular weight is 390 g/mol. The highest BCUT2D eigenvalue weighted by atomic mass is 16.4. The lowest BCUT2D eigenvalue weighted by atomic mass is 9.90. The largest absolute Gasteiger partial charge is 0.507 e. The molecule has 0 aliphatic heterocycles. The maximum absolute atomic E-state index is 10.4. The Morgan fingerprint density at radius 2 is 1.54 bits per heavy atom. The summed E-state index contributed by atoms with van der Waals surface area (Å²) in [5.41, 5.74) is 15.3. The minimum atomic E-state index is -1.23. The number of nitrogen functional groups attached to an aromatic ring is 2. The number of aliphatic carboxylic acids is 1. The van der Waals surface area contributed by atoms with Gasteiger partial charge in [-0.3, -0.25) is 0 Å². The molecule has 0 bridgehead atoms. The maximum atomic E-state index is 10.4. The van der Waals surface area contributed by atoms with Gasteiger partial charge in [0.2, 0.25) is 5.95 Å². The summed E-state index contributed by atoms with van der Waals surface area (Å²) in [6, 6.07) is 4.06. The Bertz CT molecular complexity index is 791. The molecule has 154 valence electrons. The first-order chi connectivity index (χ1) is 12.9. The fourth-order valence-corrected chi connectivity index (χ4v) is 2.52. The normalized spacial score (nSPS) is 11.9. The lowest BCUT2D eigenvalue weighted by Crippen LogP contribution is -2.13. The van der Waals surface area contributed by atoms with Crippen molar-refractivity contribution in [3.8, 4) is 5.75 Å². The van der Waals surface area contributed by atoms with E-state index >= 15 is 0 Å². The molecule has 0 radical (unpaired) electrons. The molecular weight excluding hydrogens is 360 g/mol. The number of carboxylic acid groups (broad SMARTS) is 1. The molecular formula is C20H30N4O4. The quantitative estimate of drug-likeness (QED) is 0.521. The van der Waals surface area contributed by atoms with E-state index in [4.69, 9.17) is 21.7 Å². The van der Waals surface area contributed by atoms with Gasteiger partial charge in [0.1, 0.15) is 17.7 Å². The van der Waals surface area contributed by atoms with Crippen LogP contribution >= 0.6 is 0 Å². The summed E-state index contributed by atoms with van der Waals surface area (Å²) in [6.07, 6.45) is 1.05. The number of benzene rings is 1. The second-order valence-electron chi connectivity index (χ2n) is 7.26. The smallest absolute Gasteiger partial charge is 0.332 e. The molecule has 1 unspecified atom stereocenters. The number of phenols is 1. The molecule has 1 atom stereocenters. The van der Waals surface area contributed by atoms with Gasteiger partial charge in [-0.2, -0.15) is 4.98 Å². The number of aromatic hydroxyl groups is 1. The zero-order chi connectivity index (χ0) is 21.6. The van der Waals surface area contributed by atoms with Crippen LogP contribution in [0.3, 0.4) is 0 Å². The van der Waals surface area contributed by atoms with Crippen LogP contribution in [0.2, 0.25) is 0 Å². The van der Waals surface area contributed by atoms with Gasteiger partial charge in [0.25, 0.3) is 0 Å². The molecule has 8 heteroatoms. The van der Waals surface area contributed by atoms with Gasteiger partial charge in [-0.1, -0.05) is 39.8 Å². The Morgan fingerprint density at radius 1 is 1.07 bits per heavy atom. The van der Waals surface area contributed by atoms with E-state index in [2.05, 4.69) is 37.7 Å². The van der Waals surface area contributed by atoms with E-state index < -0.39 is 12.1 Å². The van der Waals surface area contributed by atoms with Gasteiger partial charge in [-0.15, -0.1) is 0 Å². The number of rotatable bonds is 5. The first-order valence-corrected chi connectivity index (χ1v) is 9.07. The number of hydrogen-bond donors (Lipinski definition) is 5. The van der Waals surface area contributed by atoms with Crippen molar-refractivity contribution >= 4 is 17.7 Å². The van der Waals surface area contributed by atoms with Crippen molar-refractivity contribution in [2.75, 3.05) is 11.5 Å². The third kappa shape index (κ3) is 6.38. The summed E-state index contributed by atoms with van der Waals surface area (Å²) in [6.45, 7) is 9.49. The lowest BCUT2D eigenvalue weighted by Gasteiger charge is -2.18.